The fraction of sp³-hybridized carbons (Fsp3) is 0.129. The molecular formula is C31H25NO2S2. The SMILES string of the molecule is C=C=C=C=C.C=C=C=C=C=C=C=C=C.CCCCS(=O)(=O)c1cc2ccc(-c3ccccc3)nc2s1. The molecule has 0 radical (unpaired) electrons. The minimum absolute atomic E-state index is 0.210. The number of nitrogens with zero attached hydrogens (tertiary/aromatic N) is 1. The number of benzene rings is 1. The van der Waals surface area contributed by atoms with E-state index in [4.69, 9.17) is 0 Å². The van der Waals surface area contributed by atoms with Crippen LogP contribution in [0.3, 0.4) is 0 Å². The molecule has 0 saturated heterocycles. The summed E-state index contributed by atoms with van der Waals surface area (Å²) in [6.45, 7) is 14.9. The van der Waals surface area contributed by atoms with Crippen LogP contribution in [0.25, 0.3) is 21.5 Å². The Labute approximate surface area is 217 Å². The van der Waals surface area contributed by atoms with Crippen LogP contribution in [-0.2, 0) is 9.84 Å². The Morgan fingerprint density at radius 1 is 0.806 bits per heavy atom. The minimum atomic E-state index is -3.18. The molecule has 1 aromatic carbocycles. The Morgan fingerprint density at radius 2 is 1.39 bits per heavy atom. The molecule has 36 heavy (non-hydrogen) atoms. The first kappa shape index (κ1) is 29.6. The molecule has 0 unspecified atom stereocenters. The van der Waals surface area contributed by atoms with Gasteiger partial charge in [-0.05, 0) is 85.3 Å². The van der Waals surface area contributed by atoms with Crippen molar-refractivity contribution in [1.29, 1.82) is 0 Å². The molecule has 0 aliphatic carbocycles. The summed E-state index contributed by atoms with van der Waals surface area (Å²) in [6.07, 6.45) is 1.57. The number of fused-ring (bicyclic) bond motifs is 1. The predicted molar refractivity (Wildman–Crippen MR) is 150 cm³/mol. The van der Waals surface area contributed by atoms with Gasteiger partial charge in [-0.25, -0.2) is 13.4 Å². The van der Waals surface area contributed by atoms with Gasteiger partial charge in [0.2, 0.25) is 0 Å². The largest absolute Gasteiger partial charge is 0.237 e. The first-order valence-electron chi connectivity index (χ1n) is 10.7. The van der Waals surface area contributed by atoms with Crippen molar-refractivity contribution in [2.45, 2.75) is 24.0 Å². The van der Waals surface area contributed by atoms with Gasteiger partial charge in [-0.15, -0.1) is 11.3 Å². The van der Waals surface area contributed by atoms with E-state index >= 15 is 0 Å². The van der Waals surface area contributed by atoms with Gasteiger partial charge in [-0.2, -0.15) is 0 Å². The van der Waals surface area contributed by atoms with E-state index in [2.05, 4.69) is 88.6 Å². The lowest BCUT2D eigenvalue weighted by Gasteiger charge is -1.99. The molecule has 0 aliphatic heterocycles. The zero-order valence-corrected chi connectivity index (χ0v) is 21.8. The van der Waals surface area contributed by atoms with Crippen LogP contribution in [0.2, 0.25) is 0 Å². The average Bonchev–Trinajstić information content (AvgIpc) is 3.34. The Morgan fingerprint density at radius 3 is 1.92 bits per heavy atom. The normalized spacial score (nSPS) is 8.58. The summed E-state index contributed by atoms with van der Waals surface area (Å²) >= 11 is 1.26. The molecule has 2 aromatic heterocycles. The second kappa shape index (κ2) is 17.1. The monoisotopic (exact) mass is 507 g/mol. The number of hydrogen-bond acceptors (Lipinski definition) is 4. The van der Waals surface area contributed by atoms with Crippen molar-refractivity contribution in [2.75, 3.05) is 5.75 Å². The highest BCUT2D eigenvalue weighted by Gasteiger charge is 2.18. The van der Waals surface area contributed by atoms with E-state index in [1.54, 1.807) is 6.07 Å². The van der Waals surface area contributed by atoms with Gasteiger partial charge in [-0.3, -0.25) is 0 Å². The van der Waals surface area contributed by atoms with E-state index in [9.17, 15) is 8.42 Å². The van der Waals surface area contributed by atoms with E-state index < -0.39 is 9.84 Å². The van der Waals surface area contributed by atoms with Crippen LogP contribution in [0.4, 0.5) is 0 Å². The molecule has 0 fully saturated rings. The molecule has 0 bridgehead atoms. The minimum Gasteiger partial charge on any atom is -0.237 e. The van der Waals surface area contributed by atoms with Crippen LogP contribution in [0.5, 0.6) is 0 Å². The Hall–Kier alpha value is -4.44. The number of thiophene rings is 1. The van der Waals surface area contributed by atoms with Gasteiger partial charge in [0.1, 0.15) is 9.04 Å². The van der Waals surface area contributed by atoms with E-state index in [0.717, 1.165) is 27.9 Å². The third-order valence-corrected chi connectivity index (χ3v) is 7.51. The molecule has 178 valence electrons. The van der Waals surface area contributed by atoms with Crippen molar-refractivity contribution in [3.05, 3.63) is 132 Å². The summed E-state index contributed by atoms with van der Waals surface area (Å²) in [4.78, 5) is 5.39. The highest BCUT2D eigenvalue weighted by atomic mass is 32.2. The summed E-state index contributed by atoms with van der Waals surface area (Å²) in [7, 11) is -3.18. The predicted octanol–water partition coefficient (Wildman–Crippen LogP) is 7.69. The zero-order valence-electron chi connectivity index (χ0n) is 20.1. The third kappa shape index (κ3) is 10.7. The van der Waals surface area contributed by atoms with Gasteiger partial charge in [-0.1, -0.05) is 66.6 Å². The summed E-state index contributed by atoms with van der Waals surface area (Å²) in [5, 5.41) is 0.889. The quantitative estimate of drug-likeness (QED) is 0.333. The fourth-order valence-electron chi connectivity index (χ4n) is 2.50. The van der Waals surface area contributed by atoms with Crippen molar-refractivity contribution in [3.8, 4) is 11.3 Å². The molecule has 0 aliphatic rings. The zero-order chi connectivity index (χ0) is 26.7. The molecule has 5 heteroatoms. The molecule has 0 atom stereocenters. The van der Waals surface area contributed by atoms with Crippen molar-refractivity contribution >= 4 is 31.4 Å². The van der Waals surface area contributed by atoms with E-state index in [0.29, 0.717) is 10.6 Å². The number of unbranched alkanes of at least 4 members (excludes halogenated alkanes) is 1. The molecule has 0 saturated carbocycles. The molecule has 2 heterocycles. The van der Waals surface area contributed by atoms with E-state index in [1.165, 1.54) is 11.3 Å². The smallest absolute Gasteiger partial charge is 0.187 e. The van der Waals surface area contributed by atoms with Crippen LogP contribution in [0.1, 0.15) is 19.8 Å². The summed E-state index contributed by atoms with van der Waals surface area (Å²) in [6, 6.07) is 15.5. The van der Waals surface area contributed by atoms with Crippen LogP contribution < -0.4 is 0 Å². The van der Waals surface area contributed by atoms with Crippen LogP contribution in [0.15, 0.2) is 136 Å². The number of aromatic nitrogens is 1. The molecule has 0 amide bonds. The second-order valence-electron chi connectivity index (χ2n) is 6.65. The van der Waals surface area contributed by atoms with Crippen molar-refractivity contribution < 1.29 is 8.42 Å². The lowest BCUT2D eigenvalue weighted by atomic mass is 10.1. The van der Waals surface area contributed by atoms with Crippen LogP contribution in [0, 0.1) is 0 Å². The van der Waals surface area contributed by atoms with Gasteiger partial charge < -0.3 is 0 Å². The van der Waals surface area contributed by atoms with Crippen molar-refractivity contribution in [3.63, 3.8) is 0 Å². The van der Waals surface area contributed by atoms with Gasteiger partial charge in [0, 0.05) is 10.9 Å². The first-order chi connectivity index (χ1) is 17.4. The maximum atomic E-state index is 12.3. The van der Waals surface area contributed by atoms with Crippen LogP contribution in [-0.4, -0.2) is 19.2 Å². The van der Waals surface area contributed by atoms with Gasteiger partial charge >= 0.3 is 0 Å². The Bertz CT molecular complexity index is 1610. The first-order valence-corrected chi connectivity index (χ1v) is 13.2. The summed E-state index contributed by atoms with van der Waals surface area (Å²) in [5.41, 5.74) is 26.0. The van der Waals surface area contributed by atoms with E-state index in [1.807, 2.05) is 49.4 Å². The molecule has 3 aromatic rings. The molecule has 3 rings (SSSR count). The van der Waals surface area contributed by atoms with E-state index in [-0.39, 0.29) is 5.75 Å². The molecule has 3 nitrogen and oxygen atoms in total. The lowest BCUT2D eigenvalue weighted by molar-refractivity contribution is 0.594. The van der Waals surface area contributed by atoms with Crippen LogP contribution >= 0.6 is 11.3 Å². The Balaban J connectivity index is 0.000000385. The molecule has 0 spiro atoms. The topological polar surface area (TPSA) is 47.0 Å². The second-order valence-corrected chi connectivity index (χ2v) is 10.0. The number of hydrogen-bond donors (Lipinski definition) is 0. The molecule has 0 N–H and O–H groups in total. The Kier molecular flexibility index (Phi) is 14.0. The maximum absolute atomic E-state index is 12.3. The number of rotatable bonds is 5. The van der Waals surface area contributed by atoms with Crippen molar-refractivity contribution in [2.24, 2.45) is 0 Å². The summed E-state index contributed by atoms with van der Waals surface area (Å²) < 4.78 is 25.0. The highest BCUT2D eigenvalue weighted by molar-refractivity contribution is 7.93. The van der Waals surface area contributed by atoms with Crippen molar-refractivity contribution in [1.82, 2.24) is 4.98 Å². The third-order valence-electron chi connectivity index (χ3n) is 4.11. The van der Waals surface area contributed by atoms with Gasteiger partial charge in [0.25, 0.3) is 0 Å². The van der Waals surface area contributed by atoms with Gasteiger partial charge in [0.15, 0.2) is 9.84 Å². The van der Waals surface area contributed by atoms with Gasteiger partial charge in [0.05, 0.1) is 11.4 Å². The maximum Gasteiger partial charge on any atom is 0.187 e. The summed E-state index contributed by atoms with van der Waals surface area (Å²) in [5.74, 6) is 0.210. The lowest BCUT2D eigenvalue weighted by Crippen LogP contribution is -2.04. The number of pyridine rings is 1. The molecular weight excluding hydrogens is 482 g/mol. The fourth-order valence-corrected chi connectivity index (χ4v) is 5.43. The average molecular weight is 508 g/mol. The highest BCUT2D eigenvalue weighted by Crippen LogP contribution is 2.31. The number of sulfone groups is 1. The standard InChI is InChI=1S/C17H17NO2S2.C9H4.C5H4/c1-2-3-11-22(19,20)16-12-14-9-10-15(18-17(14)21-16)13-7-5-4-6-8-13;1-3-5-7-9-8-6-4-2;1-3-5-4-2/h4-10,12H,2-3,11H2,1H3;1-2H2;1-2H2.